The first-order valence-corrected chi connectivity index (χ1v) is 10.6. The molecular weight excluding hydrogens is 432 g/mol. The Hall–Kier alpha value is -3.66. The van der Waals surface area contributed by atoms with Crippen molar-refractivity contribution in [1.29, 1.82) is 0 Å². The van der Waals surface area contributed by atoms with Gasteiger partial charge in [0.15, 0.2) is 0 Å². The third-order valence-corrected chi connectivity index (χ3v) is 6.12. The molecule has 0 spiro atoms. The van der Waals surface area contributed by atoms with Crippen molar-refractivity contribution in [2.45, 2.75) is 16.7 Å². The van der Waals surface area contributed by atoms with Crippen LogP contribution < -0.4 is 5.32 Å². The molecule has 0 atom stereocenters. The molecule has 166 valence electrons. The van der Waals surface area contributed by atoms with Crippen LogP contribution in [0.4, 0.5) is 11.4 Å². The molecule has 0 bridgehead atoms. The van der Waals surface area contributed by atoms with Crippen LogP contribution >= 0.6 is 11.8 Å². The van der Waals surface area contributed by atoms with Crippen LogP contribution in [-0.2, 0) is 14.4 Å². The second-order valence-electron chi connectivity index (χ2n) is 7.11. The lowest BCUT2D eigenvalue weighted by atomic mass is 10.1. The van der Waals surface area contributed by atoms with E-state index in [9.17, 15) is 24.5 Å². The Bertz CT molecular complexity index is 1080. The fraction of sp³-hybridized carbons (Fsp3) is 0.227. The molecule has 1 aliphatic heterocycles. The van der Waals surface area contributed by atoms with Crippen molar-refractivity contribution in [2.75, 3.05) is 31.5 Å². The van der Waals surface area contributed by atoms with Gasteiger partial charge >= 0.3 is 0 Å². The number of hydrogen-bond donors (Lipinski definition) is 1. The van der Waals surface area contributed by atoms with Gasteiger partial charge in [0.05, 0.1) is 9.82 Å². The summed E-state index contributed by atoms with van der Waals surface area (Å²) in [5, 5.41) is 14.2. The summed E-state index contributed by atoms with van der Waals surface area (Å²) < 4.78 is 0. The molecule has 1 saturated heterocycles. The number of rotatable bonds is 7. The summed E-state index contributed by atoms with van der Waals surface area (Å²) in [5.41, 5.74) is 0.972. The van der Waals surface area contributed by atoms with Crippen LogP contribution in [0.25, 0.3) is 5.57 Å². The van der Waals surface area contributed by atoms with Crippen LogP contribution in [0.2, 0.25) is 0 Å². The zero-order valence-electron chi connectivity index (χ0n) is 17.4. The highest BCUT2D eigenvalue weighted by Crippen LogP contribution is 2.37. The number of nitro benzene ring substituents is 1. The first-order chi connectivity index (χ1) is 15.3. The summed E-state index contributed by atoms with van der Waals surface area (Å²) in [7, 11) is 0. The Morgan fingerprint density at radius 3 is 2.44 bits per heavy atom. The van der Waals surface area contributed by atoms with Gasteiger partial charge in [-0.1, -0.05) is 30.5 Å². The molecule has 3 rings (SSSR count). The molecule has 0 saturated carbocycles. The molecule has 3 amide bonds. The average molecular weight is 455 g/mol. The van der Waals surface area contributed by atoms with Gasteiger partial charge in [-0.2, -0.15) is 0 Å². The van der Waals surface area contributed by atoms with E-state index in [4.69, 9.17) is 0 Å². The number of nitrogens with one attached hydrogen (secondary N) is 1. The third kappa shape index (κ3) is 5.33. The van der Waals surface area contributed by atoms with Crippen molar-refractivity contribution < 1.29 is 19.3 Å². The number of piperazine rings is 1. The molecule has 2 aromatic carbocycles. The summed E-state index contributed by atoms with van der Waals surface area (Å²) in [5.74, 6) is -0.345. The van der Waals surface area contributed by atoms with E-state index >= 15 is 0 Å². The molecule has 0 aromatic heterocycles. The lowest BCUT2D eigenvalue weighted by Crippen LogP contribution is -2.50. The molecule has 10 heteroatoms. The quantitative estimate of drug-likeness (QED) is 0.298. The van der Waals surface area contributed by atoms with Crippen LogP contribution in [0.5, 0.6) is 0 Å². The van der Waals surface area contributed by atoms with Gasteiger partial charge in [-0.05, 0) is 29.8 Å². The van der Waals surface area contributed by atoms with Gasteiger partial charge < -0.3 is 15.1 Å². The van der Waals surface area contributed by atoms with E-state index in [1.807, 2.05) is 0 Å². The lowest BCUT2D eigenvalue weighted by molar-refractivity contribution is -0.387. The summed E-state index contributed by atoms with van der Waals surface area (Å²) >= 11 is 1.18. The van der Waals surface area contributed by atoms with Gasteiger partial charge in [-0.3, -0.25) is 24.5 Å². The van der Waals surface area contributed by atoms with Gasteiger partial charge in [0.1, 0.15) is 0 Å². The van der Waals surface area contributed by atoms with E-state index < -0.39 is 4.92 Å². The fourth-order valence-corrected chi connectivity index (χ4v) is 4.28. The van der Waals surface area contributed by atoms with Crippen LogP contribution in [0.15, 0.2) is 58.8 Å². The number of hydrogen-bond acceptors (Lipinski definition) is 6. The Morgan fingerprint density at radius 2 is 1.81 bits per heavy atom. The first kappa shape index (κ1) is 23.0. The average Bonchev–Trinajstić information content (AvgIpc) is 2.78. The number of anilines is 1. The normalized spacial score (nSPS) is 13.4. The maximum Gasteiger partial charge on any atom is 0.283 e. The summed E-state index contributed by atoms with van der Waals surface area (Å²) in [6.07, 6.45) is 0.559. The van der Waals surface area contributed by atoms with Crippen LogP contribution in [0.1, 0.15) is 12.5 Å². The van der Waals surface area contributed by atoms with Gasteiger partial charge in [0.25, 0.3) is 11.6 Å². The smallest absolute Gasteiger partial charge is 0.283 e. The lowest BCUT2D eigenvalue weighted by Gasteiger charge is -2.34. The topological polar surface area (TPSA) is 113 Å². The van der Waals surface area contributed by atoms with Gasteiger partial charge in [0, 0.05) is 55.3 Å². The Balaban J connectivity index is 1.78. The summed E-state index contributed by atoms with van der Waals surface area (Å²) in [6.45, 7) is 7.02. The van der Waals surface area contributed by atoms with Gasteiger partial charge in [-0.15, -0.1) is 0 Å². The molecule has 32 heavy (non-hydrogen) atoms. The minimum atomic E-state index is -0.497. The van der Waals surface area contributed by atoms with E-state index in [0.29, 0.717) is 53.6 Å². The molecule has 0 unspecified atom stereocenters. The van der Waals surface area contributed by atoms with E-state index in [-0.39, 0.29) is 23.1 Å². The van der Waals surface area contributed by atoms with Crippen molar-refractivity contribution in [3.05, 3.63) is 64.7 Å². The molecule has 9 nitrogen and oxygen atoms in total. The maximum atomic E-state index is 12.8. The van der Waals surface area contributed by atoms with Crippen molar-refractivity contribution >= 4 is 46.9 Å². The zero-order chi connectivity index (χ0) is 23.3. The molecular formula is C22H22N4O5S. The molecule has 1 N–H and O–H groups in total. The predicted molar refractivity (Wildman–Crippen MR) is 121 cm³/mol. The molecule has 2 aromatic rings. The number of nitrogens with zero attached hydrogens (tertiary/aromatic N) is 3. The number of nitro groups is 1. The van der Waals surface area contributed by atoms with Gasteiger partial charge in [0.2, 0.25) is 12.3 Å². The monoisotopic (exact) mass is 454 g/mol. The number of benzene rings is 2. The molecule has 1 fully saturated rings. The molecule has 1 aliphatic rings. The van der Waals surface area contributed by atoms with Crippen molar-refractivity contribution in [1.82, 2.24) is 9.80 Å². The highest BCUT2D eigenvalue weighted by molar-refractivity contribution is 7.99. The maximum absolute atomic E-state index is 12.8. The van der Waals surface area contributed by atoms with Crippen LogP contribution in [0, 0.1) is 10.1 Å². The second-order valence-corrected chi connectivity index (χ2v) is 8.22. The third-order valence-electron chi connectivity index (χ3n) is 5.06. The predicted octanol–water partition coefficient (Wildman–Crippen LogP) is 3.02. The van der Waals surface area contributed by atoms with Gasteiger partial charge in [-0.25, -0.2) is 0 Å². The number of amides is 3. The minimum absolute atomic E-state index is 0.0351. The minimum Gasteiger partial charge on any atom is -0.339 e. The van der Waals surface area contributed by atoms with E-state index in [2.05, 4.69) is 11.9 Å². The summed E-state index contributed by atoms with van der Waals surface area (Å²) in [4.78, 5) is 50.5. The Morgan fingerprint density at radius 1 is 1.12 bits per heavy atom. The van der Waals surface area contributed by atoms with Crippen LogP contribution in [-0.4, -0.2) is 59.1 Å². The Kier molecular flexibility index (Phi) is 7.26. The van der Waals surface area contributed by atoms with Crippen molar-refractivity contribution in [2.24, 2.45) is 0 Å². The highest BCUT2D eigenvalue weighted by Gasteiger charge is 2.26. The number of carbonyl (C=O) groups is 3. The Labute approximate surface area is 189 Å². The van der Waals surface area contributed by atoms with Crippen LogP contribution in [0.3, 0.4) is 0 Å². The fourth-order valence-electron chi connectivity index (χ4n) is 3.32. The summed E-state index contributed by atoms with van der Waals surface area (Å²) in [6, 6.07) is 11.5. The molecule has 0 radical (unpaired) electrons. The van der Waals surface area contributed by atoms with E-state index in [1.54, 1.807) is 46.2 Å². The zero-order valence-corrected chi connectivity index (χ0v) is 18.3. The van der Waals surface area contributed by atoms with E-state index in [1.165, 1.54) is 24.8 Å². The molecule has 1 heterocycles. The standard InChI is InChI=1S/C22H22N4O5S/c1-15(22(29)25-10-8-24(9-11-25)16(2)28)17-6-7-21(20(12-17)26(30)31)32-19-5-3-4-18(13-19)23-14-27/h3-7,12-14H,1,8-11H2,2H3,(H,23,27). The van der Waals surface area contributed by atoms with Crippen molar-refractivity contribution in [3.63, 3.8) is 0 Å². The molecule has 0 aliphatic carbocycles. The number of carbonyl (C=O) groups excluding carboxylic acids is 3. The first-order valence-electron chi connectivity index (χ1n) is 9.80. The largest absolute Gasteiger partial charge is 0.339 e. The highest BCUT2D eigenvalue weighted by atomic mass is 32.2. The van der Waals surface area contributed by atoms with Crippen molar-refractivity contribution in [3.8, 4) is 0 Å². The SMILES string of the molecule is C=C(C(=O)N1CCN(C(C)=O)CC1)c1ccc(Sc2cccc(NC=O)c2)c([N+](=O)[O-])c1. The van der Waals surface area contributed by atoms with E-state index in [0.717, 1.165) is 0 Å². The second kappa shape index (κ2) is 10.1.